The van der Waals surface area contributed by atoms with Crippen molar-refractivity contribution in [3.8, 4) is 5.75 Å². The number of fused-ring (bicyclic) bond motifs is 1. The van der Waals surface area contributed by atoms with Gasteiger partial charge in [0.15, 0.2) is 11.3 Å². The number of rotatable bonds is 12. The Kier molecular flexibility index (Phi) is 8.36. The van der Waals surface area contributed by atoms with Gasteiger partial charge in [-0.2, -0.15) is 0 Å². The highest BCUT2D eigenvalue weighted by Gasteiger charge is 2.23. The Morgan fingerprint density at radius 1 is 1.28 bits per heavy atom. The van der Waals surface area contributed by atoms with E-state index in [0.29, 0.717) is 47.8 Å². The van der Waals surface area contributed by atoms with Gasteiger partial charge in [-0.3, -0.25) is 4.79 Å². The lowest BCUT2D eigenvalue weighted by Crippen LogP contribution is -2.27. The molecule has 10 heteroatoms. The fraction of sp³-hybridized carbons (Fsp3) is 0.409. The first-order chi connectivity index (χ1) is 15.4. The summed E-state index contributed by atoms with van der Waals surface area (Å²) in [5.41, 5.74) is 1.75. The summed E-state index contributed by atoms with van der Waals surface area (Å²) in [6, 6.07) is 4.72. The number of nitrogens with one attached hydrogen (secondary N) is 2. The molecule has 0 unspecified atom stereocenters. The van der Waals surface area contributed by atoms with Gasteiger partial charge in [-0.05, 0) is 30.7 Å². The SMILES string of the molecule is CCCCOCCNS(=O)(=O)c1ccc(OC)c2oc(C3=CCC(NC(=O)CCl)=C3)cc12. The number of benzene rings is 1. The minimum Gasteiger partial charge on any atom is -0.493 e. The predicted molar refractivity (Wildman–Crippen MR) is 123 cm³/mol. The van der Waals surface area contributed by atoms with E-state index in [1.807, 2.05) is 6.08 Å². The molecule has 2 N–H and O–H groups in total. The summed E-state index contributed by atoms with van der Waals surface area (Å²) in [6.45, 7) is 3.13. The summed E-state index contributed by atoms with van der Waals surface area (Å²) in [7, 11) is -2.31. The lowest BCUT2D eigenvalue weighted by atomic mass is 10.2. The second-order valence-corrected chi connectivity index (χ2v) is 9.20. The zero-order chi connectivity index (χ0) is 23.1. The number of amides is 1. The Morgan fingerprint density at radius 2 is 2.09 bits per heavy atom. The van der Waals surface area contributed by atoms with E-state index in [9.17, 15) is 13.2 Å². The Hall–Kier alpha value is -2.33. The van der Waals surface area contributed by atoms with Gasteiger partial charge in [-0.1, -0.05) is 19.4 Å². The van der Waals surface area contributed by atoms with Gasteiger partial charge < -0.3 is 19.2 Å². The smallest absolute Gasteiger partial charge is 0.241 e. The Labute approximate surface area is 192 Å². The second kappa shape index (κ2) is 11.0. The first kappa shape index (κ1) is 24.3. The first-order valence-corrected chi connectivity index (χ1v) is 12.4. The molecule has 1 aromatic heterocycles. The van der Waals surface area contributed by atoms with Crippen molar-refractivity contribution in [3.63, 3.8) is 0 Å². The average molecular weight is 483 g/mol. The van der Waals surface area contributed by atoms with E-state index in [1.54, 1.807) is 18.2 Å². The third kappa shape index (κ3) is 5.72. The van der Waals surface area contributed by atoms with Crippen molar-refractivity contribution in [2.45, 2.75) is 31.1 Å². The molecule has 3 rings (SSSR count). The van der Waals surface area contributed by atoms with E-state index in [1.165, 1.54) is 13.2 Å². The number of sulfonamides is 1. The van der Waals surface area contributed by atoms with Gasteiger partial charge in [0.25, 0.3) is 0 Å². The number of allylic oxidation sites excluding steroid dienone is 3. The molecule has 0 radical (unpaired) electrons. The highest BCUT2D eigenvalue weighted by Crippen LogP contribution is 2.37. The molecular formula is C22H27ClN2O6S. The van der Waals surface area contributed by atoms with Crippen molar-refractivity contribution in [3.05, 3.63) is 41.8 Å². The van der Waals surface area contributed by atoms with Crippen LogP contribution >= 0.6 is 11.6 Å². The van der Waals surface area contributed by atoms with Crippen molar-refractivity contribution in [2.75, 3.05) is 32.7 Å². The summed E-state index contributed by atoms with van der Waals surface area (Å²) < 4.78 is 45.2. The molecule has 0 bridgehead atoms. The minimum absolute atomic E-state index is 0.0927. The van der Waals surface area contributed by atoms with E-state index in [0.717, 1.165) is 18.4 Å². The Bertz CT molecular complexity index is 1140. The molecule has 8 nitrogen and oxygen atoms in total. The standard InChI is InChI=1S/C22H27ClN2O6S/c1-3-4-10-30-11-9-24-32(27,28)20-8-7-18(29-2)22-17(20)13-19(31-22)15-5-6-16(12-15)25-21(26)14-23/h5,7-8,12-13,24H,3-4,6,9-11,14H2,1-2H3,(H,25,26). The predicted octanol–water partition coefficient (Wildman–Crippen LogP) is 3.56. The molecule has 1 aromatic carbocycles. The van der Waals surface area contributed by atoms with Crippen LogP contribution in [0.5, 0.6) is 5.75 Å². The first-order valence-electron chi connectivity index (χ1n) is 10.3. The summed E-state index contributed by atoms with van der Waals surface area (Å²) in [6.07, 6.45) is 6.12. The van der Waals surface area contributed by atoms with Gasteiger partial charge in [-0.25, -0.2) is 13.1 Å². The molecular weight excluding hydrogens is 456 g/mol. The van der Waals surface area contributed by atoms with Gasteiger partial charge in [0, 0.05) is 36.2 Å². The molecule has 174 valence electrons. The number of hydrogen-bond donors (Lipinski definition) is 2. The summed E-state index contributed by atoms with van der Waals surface area (Å²) in [5.74, 6) is 0.467. The third-order valence-corrected chi connectivity index (χ3v) is 6.64. The topological polar surface area (TPSA) is 107 Å². The van der Waals surface area contributed by atoms with Gasteiger partial charge in [0.05, 0.1) is 18.6 Å². The van der Waals surface area contributed by atoms with Crippen LogP contribution in [-0.4, -0.2) is 47.1 Å². The number of hydrogen-bond acceptors (Lipinski definition) is 6. The van der Waals surface area contributed by atoms with Crippen LogP contribution in [0.1, 0.15) is 31.9 Å². The largest absolute Gasteiger partial charge is 0.493 e. The van der Waals surface area contributed by atoms with Crippen molar-refractivity contribution in [1.82, 2.24) is 10.0 Å². The van der Waals surface area contributed by atoms with Gasteiger partial charge in [0.1, 0.15) is 11.6 Å². The number of carbonyl (C=O) groups excluding carboxylic acids is 1. The Morgan fingerprint density at radius 3 is 2.81 bits per heavy atom. The molecule has 2 aromatic rings. The quantitative estimate of drug-likeness (QED) is 0.354. The van der Waals surface area contributed by atoms with Gasteiger partial charge >= 0.3 is 0 Å². The zero-order valence-corrected chi connectivity index (χ0v) is 19.6. The van der Waals surface area contributed by atoms with Crippen molar-refractivity contribution in [1.29, 1.82) is 0 Å². The highest BCUT2D eigenvalue weighted by atomic mass is 35.5. The highest BCUT2D eigenvalue weighted by molar-refractivity contribution is 7.89. The van der Waals surface area contributed by atoms with Crippen LogP contribution in [0.25, 0.3) is 16.5 Å². The van der Waals surface area contributed by atoms with Crippen LogP contribution < -0.4 is 14.8 Å². The molecule has 0 fully saturated rings. The van der Waals surface area contributed by atoms with Crippen LogP contribution in [0, 0.1) is 0 Å². The van der Waals surface area contributed by atoms with Crippen LogP contribution in [0.4, 0.5) is 0 Å². The number of carbonyl (C=O) groups is 1. The average Bonchev–Trinajstić information content (AvgIpc) is 3.42. The van der Waals surface area contributed by atoms with E-state index in [-0.39, 0.29) is 23.2 Å². The van der Waals surface area contributed by atoms with Gasteiger partial charge in [0.2, 0.25) is 15.9 Å². The van der Waals surface area contributed by atoms with Crippen molar-refractivity contribution in [2.24, 2.45) is 0 Å². The lowest BCUT2D eigenvalue weighted by Gasteiger charge is -2.09. The summed E-state index contributed by atoms with van der Waals surface area (Å²) in [5, 5.41) is 3.12. The van der Waals surface area contributed by atoms with Crippen molar-refractivity contribution >= 4 is 44.1 Å². The van der Waals surface area contributed by atoms with Crippen LogP contribution in [0.3, 0.4) is 0 Å². The van der Waals surface area contributed by atoms with Gasteiger partial charge in [-0.15, -0.1) is 11.6 Å². The minimum atomic E-state index is -3.80. The normalized spacial score (nSPS) is 13.8. The molecule has 0 atom stereocenters. The number of methoxy groups -OCH3 is 1. The molecule has 0 saturated heterocycles. The van der Waals surface area contributed by atoms with Crippen LogP contribution in [-0.2, 0) is 19.6 Å². The molecule has 0 saturated carbocycles. The van der Waals surface area contributed by atoms with Crippen LogP contribution in [0.2, 0.25) is 0 Å². The summed E-state index contributed by atoms with van der Waals surface area (Å²) in [4.78, 5) is 11.6. The third-order valence-electron chi connectivity index (χ3n) is 4.88. The van der Waals surface area contributed by atoms with E-state index in [4.69, 9.17) is 25.5 Å². The van der Waals surface area contributed by atoms with E-state index in [2.05, 4.69) is 17.0 Å². The Balaban J connectivity index is 1.85. The number of alkyl halides is 1. The summed E-state index contributed by atoms with van der Waals surface area (Å²) >= 11 is 5.54. The number of unbranched alkanes of at least 4 members (excludes halogenated alkanes) is 1. The molecule has 1 aliphatic carbocycles. The van der Waals surface area contributed by atoms with E-state index < -0.39 is 10.0 Å². The maximum absolute atomic E-state index is 12.9. The zero-order valence-electron chi connectivity index (χ0n) is 18.1. The van der Waals surface area contributed by atoms with Crippen LogP contribution in [0.15, 0.2) is 45.4 Å². The maximum atomic E-state index is 12.9. The second-order valence-electron chi connectivity index (χ2n) is 7.20. The molecule has 32 heavy (non-hydrogen) atoms. The number of ether oxygens (including phenoxy) is 2. The molecule has 1 aliphatic rings. The monoisotopic (exact) mass is 482 g/mol. The number of halogens is 1. The lowest BCUT2D eigenvalue weighted by molar-refractivity contribution is -0.118. The van der Waals surface area contributed by atoms with Crippen molar-refractivity contribution < 1.29 is 27.1 Å². The maximum Gasteiger partial charge on any atom is 0.241 e. The fourth-order valence-corrected chi connectivity index (χ4v) is 4.55. The molecule has 0 aliphatic heterocycles. The fourth-order valence-electron chi connectivity index (χ4n) is 3.28. The molecule has 1 heterocycles. The molecule has 0 spiro atoms. The molecule has 1 amide bonds. The van der Waals surface area contributed by atoms with E-state index >= 15 is 0 Å². The number of furan rings is 1.